The van der Waals surface area contributed by atoms with Crippen LogP contribution in [0.15, 0.2) is 24.4 Å². The smallest absolute Gasteiger partial charge is 0.145 e. The molecule has 2 aromatic rings. The van der Waals surface area contributed by atoms with Crippen molar-refractivity contribution in [1.82, 2.24) is 9.97 Å². The molecule has 1 aromatic carbocycles. The molecule has 0 saturated heterocycles. The third-order valence-electron chi connectivity index (χ3n) is 2.83. The highest BCUT2D eigenvalue weighted by molar-refractivity contribution is 5.37. The molecule has 0 radical (unpaired) electrons. The van der Waals surface area contributed by atoms with Crippen LogP contribution >= 0.6 is 0 Å². The lowest BCUT2D eigenvalue weighted by atomic mass is 10.1. The van der Waals surface area contributed by atoms with Crippen LogP contribution in [-0.2, 0) is 6.54 Å². The van der Waals surface area contributed by atoms with Gasteiger partial charge in [-0.2, -0.15) is 5.26 Å². The van der Waals surface area contributed by atoms with E-state index in [1.54, 1.807) is 18.3 Å². The Kier molecular flexibility index (Phi) is 3.71. The van der Waals surface area contributed by atoms with Crippen LogP contribution in [0.5, 0.6) is 0 Å². The third-order valence-corrected chi connectivity index (χ3v) is 2.83. The van der Waals surface area contributed by atoms with E-state index in [1.807, 2.05) is 19.9 Å². The molecule has 0 unspecified atom stereocenters. The van der Waals surface area contributed by atoms with Gasteiger partial charge in [0.25, 0.3) is 0 Å². The Morgan fingerprint density at radius 2 is 2.11 bits per heavy atom. The average molecular weight is 256 g/mol. The number of aromatic nitrogens is 2. The maximum Gasteiger partial charge on any atom is 0.145 e. The zero-order chi connectivity index (χ0) is 13.8. The Labute approximate surface area is 110 Å². The molecule has 2 rings (SSSR count). The second-order valence-electron chi connectivity index (χ2n) is 4.20. The minimum absolute atomic E-state index is 0.300. The van der Waals surface area contributed by atoms with Gasteiger partial charge in [-0.05, 0) is 26.0 Å². The van der Waals surface area contributed by atoms with E-state index in [4.69, 9.17) is 5.26 Å². The fourth-order valence-corrected chi connectivity index (χ4v) is 1.57. The van der Waals surface area contributed by atoms with E-state index in [2.05, 4.69) is 15.3 Å². The van der Waals surface area contributed by atoms with Crippen molar-refractivity contribution < 1.29 is 4.39 Å². The van der Waals surface area contributed by atoms with Crippen molar-refractivity contribution in [2.24, 2.45) is 0 Å². The molecule has 4 nitrogen and oxygen atoms in total. The first-order valence-corrected chi connectivity index (χ1v) is 5.83. The monoisotopic (exact) mass is 256 g/mol. The standard InChI is InChI=1S/C14H13FN4/c1-9-10(2)19-14(8-17-9)18-7-12-4-3-11(6-16)5-13(12)15/h3-5,8H,7H2,1-2H3,(H,18,19). The molecule has 0 aliphatic rings. The first-order valence-electron chi connectivity index (χ1n) is 5.83. The van der Waals surface area contributed by atoms with Crippen LogP contribution in [0, 0.1) is 31.0 Å². The molecule has 0 aliphatic heterocycles. The SMILES string of the molecule is Cc1ncc(NCc2ccc(C#N)cc2F)nc1C. The first-order chi connectivity index (χ1) is 9.10. The van der Waals surface area contributed by atoms with Gasteiger partial charge in [0.05, 0.1) is 29.2 Å². The Balaban J connectivity index is 2.10. The maximum atomic E-state index is 13.7. The van der Waals surface area contributed by atoms with Crippen molar-refractivity contribution in [3.05, 3.63) is 52.7 Å². The molecule has 96 valence electrons. The lowest BCUT2D eigenvalue weighted by Crippen LogP contribution is -2.05. The van der Waals surface area contributed by atoms with E-state index >= 15 is 0 Å². The second kappa shape index (κ2) is 5.44. The molecule has 0 fully saturated rings. The van der Waals surface area contributed by atoms with Crippen molar-refractivity contribution >= 4 is 5.82 Å². The van der Waals surface area contributed by atoms with Gasteiger partial charge in [-0.1, -0.05) is 6.07 Å². The number of anilines is 1. The lowest BCUT2D eigenvalue weighted by molar-refractivity contribution is 0.612. The van der Waals surface area contributed by atoms with Gasteiger partial charge in [0.1, 0.15) is 11.6 Å². The second-order valence-corrected chi connectivity index (χ2v) is 4.20. The van der Waals surface area contributed by atoms with Gasteiger partial charge in [0, 0.05) is 12.1 Å². The lowest BCUT2D eigenvalue weighted by Gasteiger charge is -2.08. The van der Waals surface area contributed by atoms with Crippen LogP contribution in [0.4, 0.5) is 10.2 Å². The van der Waals surface area contributed by atoms with E-state index in [9.17, 15) is 4.39 Å². The fourth-order valence-electron chi connectivity index (χ4n) is 1.57. The normalized spacial score (nSPS) is 10.0. The molecule has 1 heterocycles. The molecule has 0 amide bonds. The van der Waals surface area contributed by atoms with E-state index in [-0.39, 0.29) is 0 Å². The number of nitriles is 1. The summed E-state index contributed by atoms with van der Waals surface area (Å²) in [4.78, 5) is 8.48. The van der Waals surface area contributed by atoms with E-state index in [0.717, 1.165) is 11.4 Å². The minimum atomic E-state index is -0.400. The van der Waals surface area contributed by atoms with Crippen molar-refractivity contribution in [3.8, 4) is 6.07 Å². The number of hydrogen-bond acceptors (Lipinski definition) is 4. The predicted molar refractivity (Wildman–Crippen MR) is 69.9 cm³/mol. The molecular formula is C14H13FN4. The van der Waals surface area contributed by atoms with Crippen LogP contribution in [0.2, 0.25) is 0 Å². The zero-order valence-electron chi connectivity index (χ0n) is 10.7. The minimum Gasteiger partial charge on any atom is -0.365 e. The largest absolute Gasteiger partial charge is 0.365 e. The summed E-state index contributed by atoms with van der Waals surface area (Å²) in [6.45, 7) is 4.05. The van der Waals surface area contributed by atoms with Gasteiger partial charge in [-0.25, -0.2) is 9.37 Å². The molecule has 5 heteroatoms. The molecule has 0 aliphatic carbocycles. The molecule has 0 spiro atoms. The number of halogens is 1. The Morgan fingerprint density at radius 3 is 2.74 bits per heavy atom. The van der Waals surface area contributed by atoms with Gasteiger partial charge in [0.2, 0.25) is 0 Å². The number of hydrogen-bond donors (Lipinski definition) is 1. The molecular weight excluding hydrogens is 243 g/mol. The summed E-state index contributed by atoms with van der Waals surface area (Å²) in [7, 11) is 0. The van der Waals surface area contributed by atoms with E-state index in [1.165, 1.54) is 6.07 Å². The van der Waals surface area contributed by atoms with Crippen molar-refractivity contribution in [1.29, 1.82) is 5.26 Å². The Bertz CT molecular complexity index is 646. The van der Waals surface area contributed by atoms with Crippen LogP contribution in [-0.4, -0.2) is 9.97 Å². The summed E-state index contributed by atoms with van der Waals surface area (Å²) in [6.07, 6.45) is 1.61. The maximum absolute atomic E-state index is 13.7. The summed E-state index contributed by atoms with van der Waals surface area (Å²) < 4.78 is 13.7. The third kappa shape index (κ3) is 3.05. The van der Waals surface area contributed by atoms with Gasteiger partial charge in [-0.3, -0.25) is 4.98 Å². The average Bonchev–Trinajstić information content (AvgIpc) is 2.41. The highest BCUT2D eigenvalue weighted by atomic mass is 19.1. The summed E-state index contributed by atoms with van der Waals surface area (Å²) in [5.41, 5.74) is 2.51. The molecule has 0 bridgehead atoms. The Hall–Kier alpha value is -2.48. The first kappa shape index (κ1) is 13.0. The zero-order valence-corrected chi connectivity index (χ0v) is 10.7. The van der Waals surface area contributed by atoms with E-state index in [0.29, 0.717) is 23.5 Å². The molecule has 19 heavy (non-hydrogen) atoms. The van der Waals surface area contributed by atoms with Crippen LogP contribution in [0.1, 0.15) is 22.5 Å². The number of nitrogens with one attached hydrogen (secondary N) is 1. The van der Waals surface area contributed by atoms with Gasteiger partial charge in [-0.15, -0.1) is 0 Å². The van der Waals surface area contributed by atoms with Crippen LogP contribution in [0.25, 0.3) is 0 Å². The highest BCUT2D eigenvalue weighted by Gasteiger charge is 2.04. The number of benzene rings is 1. The molecule has 1 N–H and O–H groups in total. The quantitative estimate of drug-likeness (QED) is 0.917. The topological polar surface area (TPSA) is 61.6 Å². The fraction of sp³-hybridized carbons (Fsp3) is 0.214. The van der Waals surface area contributed by atoms with Gasteiger partial charge in [0.15, 0.2) is 0 Å². The summed E-state index contributed by atoms with van der Waals surface area (Å²) in [5, 5.41) is 11.7. The molecule has 0 saturated carbocycles. The van der Waals surface area contributed by atoms with E-state index < -0.39 is 5.82 Å². The van der Waals surface area contributed by atoms with Crippen molar-refractivity contribution in [2.75, 3.05) is 5.32 Å². The Morgan fingerprint density at radius 1 is 1.32 bits per heavy atom. The number of rotatable bonds is 3. The summed E-state index contributed by atoms with van der Waals surface area (Å²) in [6, 6.07) is 6.31. The predicted octanol–water partition coefficient (Wildman–Crippen LogP) is 2.72. The van der Waals surface area contributed by atoms with Crippen LogP contribution in [0.3, 0.4) is 0 Å². The van der Waals surface area contributed by atoms with Crippen molar-refractivity contribution in [3.63, 3.8) is 0 Å². The van der Waals surface area contributed by atoms with Crippen LogP contribution < -0.4 is 5.32 Å². The highest BCUT2D eigenvalue weighted by Crippen LogP contribution is 2.12. The summed E-state index contributed by atoms with van der Waals surface area (Å²) in [5.74, 6) is 0.204. The van der Waals surface area contributed by atoms with Gasteiger partial charge < -0.3 is 5.32 Å². The summed E-state index contributed by atoms with van der Waals surface area (Å²) >= 11 is 0. The molecule has 1 aromatic heterocycles. The van der Waals surface area contributed by atoms with Crippen molar-refractivity contribution in [2.45, 2.75) is 20.4 Å². The number of nitrogens with zero attached hydrogens (tertiary/aromatic N) is 3. The van der Waals surface area contributed by atoms with Gasteiger partial charge >= 0.3 is 0 Å². The number of aryl methyl sites for hydroxylation is 2. The molecule has 0 atom stereocenters.